The molecule has 0 radical (unpaired) electrons. The van der Waals surface area contributed by atoms with Crippen LogP contribution in [-0.2, 0) is 7.05 Å². The average Bonchev–Trinajstić information content (AvgIpc) is 2.71. The molecule has 2 N–H and O–H groups in total. The Morgan fingerprint density at radius 2 is 2.21 bits per heavy atom. The first-order valence-corrected chi connectivity index (χ1v) is 4.74. The van der Waals surface area contributed by atoms with Crippen LogP contribution in [0.1, 0.15) is 11.3 Å². The second-order valence-corrected chi connectivity index (χ2v) is 3.46. The van der Waals surface area contributed by atoms with Crippen molar-refractivity contribution in [3.8, 4) is 0 Å². The van der Waals surface area contributed by atoms with E-state index in [9.17, 15) is 0 Å². The fourth-order valence-electron chi connectivity index (χ4n) is 1.53. The molecular formula is C9H15N5. The highest BCUT2D eigenvalue weighted by Gasteiger charge is 2.12. The molecule has 2 rings (SSSR count). The smallest absolute Gasteiger partial charge is 0.197 e. The molecule has 1 aromatic rings. The van der Waals surface area contributed by atoms with Crippen LogP contribution in [0.4, 0.5) is 5.82 Å². The monoisotopic (exact) mass is 193 g/mol. The maximum absolute atomic E-state index is 4.32. The minimum Gasteiger partial charge on any atom is -0.354 e. The summed E-state index contributed by atoms with van der Waals surface area (Å²) in [5.41, 5.74) is 2.22. The van der Waals surface area contributed by atoms with Crippen LogP contribution in [0, 0.1) is 13.8 Å². The summed E-state index contributed by atoms with van der Waals surface area (Å²) < 4.78 is 1.84. The first-order valence-electron chi connectivity index (χ1n) is 4.74. The number of aromatic nitrogens is 2. The third-order valence-corrected chi connectivity index (χ3v) is 2.43. The van der Waals surface area contributed by atoms with Gasteiger partial charge in [0.15, 0.2) is 5.96 Å². The van der Waals surface area contributed by atoms with Gasteiger partial charge in [0.2, 0.25) is 0 Å². The molecule has 0 fully saturated rings. The number of hydrogen-bond acceptors (Lipinski definition) is 4. The quantitative estimate of drug-likeness (QED) is 0.679. The van der Waals surface area contributed by atoms with Gasteiger partial charge in [0, 0.05) is 19.2 Å². The number of anilines is 1. The lowest BCUT2D eigenvalue weighted by Crippen LogP contribution is -2.27. The van der Waals surface area contributed by atoms with Crippen LogP contribution >= 0.6 is 0 Å². The summed E-state index contributed by atoms with van der Waals surface area (Å²) in [5, 5.41) is 10.7. The standard InChI is InChI=1S/C9H15N5/c1-6-7(2)13-14(3)8(6)12-9-10-4-5-11-9/h4-5H2,1-3H3,(H2,10,11,12). The number of hydrogen-bond donors (Lipinski definition) is 2. The topological polar surface area (TPSA) is 54.2 Å². The highest BCUT2D eigenvalue weighted by atomic mass is 15.3. The molecule has 0 aliphatic carbocycles. The first kappa shape index (κ1) is 9.05. The van der Waals surface area contributed by atoms with Crippen molar-refractivity contribution < 1.29 is 0 Å². The van der Waals surface area contributed by atoms with Gasteiger partial charge in [0.25, 0.3) is 0 Å². The summed E-state index contributed by atoms with van der Waals surface area (Å²) in [6.07, 6.45) is 0. The minimum atomic E-state index is 0.844. The maximum atomic E-state index is 4.32. The van der Waals surface area contributed by atoms with Crippen molar-refractivity contribution >= 4 is 11.8 Å². The zero-order valence-corrected chi connectivity index (χ0v) is 8.76. The molecule has 0 aromatic carbocycles. The Labute approximate surface area is 83.2 Å². The van der Waals surface area contributed by atoms with E-state index in [0.29, 0.717) is 0 Å². The molecule has 0 amide bonds. The van der Waals surface area contributed by atoms with E-state index < -0.39 is 0 Å². The van der Waals surface area contributed by atoms with E-state index in [1.165, 1.54) is 5.56 Å². The number of aliphatic imine (C=N–C) groups is 1. The number of nitrogens with zero attached hydrogens (tertiary/aromatic N) is 3. The Hall–Kier alpha value is -1.52. The molecule has 0 saturated heterocycles. The van der Waals surface area contributed by atoms with Gasteiger partial charge in [-0.2, -0.15) is 5.10 Å². The van der Waals surface area contributed by atoms with Crippen molar-refractivity contribution in [2.24, 2.45) is 12.0 Å². The Bertz CT molecular complexity index is 377. The van der Waals surface area contributed by atoms with Crippen LogP contribution in [0.2, 0.25) is 0 Å². The van der Waals surface area contributed by atoms with Crippen molar-refractivity contribution in [1.82, 2.24) is 15.1 Å². The number of nitrogens with one attached hydrogen (secondary N) is 2. The number of guanidine groups is 1. The summed E-state index contributed by atoms with van der Waals surface area (Å²) in [7, 11) is 1.93. The van der Waals surface area contributed by atoms with Crippen LogP contribution in [0.3, 0.4) is 0 Å². The molecule has 0 bridgehead atoms. The first-order chi connectivity index (χ1) is 6.68. The molecule has 14 heavy (non-hydrogen) atoms. The van der Waals surface area contributed by atoms with Crippen LogP contribution in [0.5, 0.6) is 0 Å². The summed E-state index contributed by atoms with van der Waals surface area (Å²) in [4.78, 5) is 4.28. The fourth-order valence-corrected chi connectivity index (χ4v) is 1.53. The highest BCUT2D eigenvalue weighted by molar-refractivity contribution is 5.94. The molecular weight excluding hydrogens is 178 g/mol. The maximum Gasteiger partial charge on any atom is 0.197 e. The third-order valence-electron chi connectivity index (χ3n) is 2.43. The molecule has 0 saturated carbocycles. The summed E-state index contributed by atoms with van der Waals surface area (Å²) in [5.74, 6) is 1.85. The zero-order valence-electron chi connectivity index (χ0n) is 8.76. The van der Waals surface area contributed by atoms with Crippen LogP contribution in [-0.4, -0.2) is 28.8 Å². The second kappa shape index (κ2) is 3.32. The SMILES string of the molecule is Cc1nn(C)c(NC2=NCCN2)c1C. The lowest BCUT2D eigenvalue weighted by atomic mass is 10.3. The van der Waals surface area contributed by atoms with E-state index in [4.69, 9.17) is 0 Å². The molecule has 0 unspecified atom stereocenters. The molecule has 2 heterocycles. The van der Waals surface area contributed by atoms with E-state index in [1.54, 1.807) is 0 Å². The van der Waals surface area contributed by atoms with Gasteiger partial charge in [-0.1, -0.05) is 0 Å². The zero-order chi connectivity index (χ0) is 10.1. The lowest BCUT2D eigenvalue weighted by Gasteiger charge is -2.07. The van der Waals surface area contributed by atoms with Gasteiger partial charge in [-0.3, -0.25) is 9.67 Å². The Kier molecular flexibility index (Phi) is 2.15. The molecule has 1 aromatic heterocycles. The molecule has 76 valence electrons. The van der Waals surface area contributed by atoms with Gasteiger partial charge in [0.1, 0.15) is 5.82 Å². The fraction of sp³-hybridized carbons (Fsp3) is 0.556. The molecule has 1 aliphatic heterocycles. The molecule has 0 atom stereocenters. The van der Waals surface area contributed by atoms with Crippen molar-refractivity contribution in [3.63, 3.8) is 0 Å². The largest absolute Gasteiger partial charge is 0.354 e. The average molecular weight is 193 g/mol. The van der Waals surface area contributed by atoms with Crippen molar-refractivity contribution in [1.29, 1.82) is 0 Å². The van der Waals surface area contributed by atoms with Gasteiger partial charge in [0.05, 0.1) is 12.2 Å². The molecule has 0 spiro atoms. The number of aryl methyl sites for hydroxylation is 2. The summed E-state index contributed by atoms with van der Waals surface area (Å²) in [6.45, 7) is 5.82. The molecule has 1 aliphatic rings. The Balaban J connectivity index is 2.23. The van der Waals surface area contributed by atoms with Crippen molar-refractivity contribution in [3.05, 3.63) is 11.3 Å². The summed E-state index contributed by atoms with van der Waals surface area (Å²) in [6, 6.07) is 0. The van der Waals surface area contributed by atoms with Gasteiger partial charge in [-0.05, 0) is 13.8 Å². The second-order valence-electron chi connectivity index (χ2n) is 3.46. The van der Waals surface area contributed by atoms with E-state index in [2.05, 4.69) is 27.6 Å². The van der Waals surface area contributed by atoms with Crippen molar-refractivity contribution in [2.45, 2.75) is 13.8 Å². The predicted molar refractivity (Wildman–Crippen MR) is 56.6 cm³/mol. The van der Waals surface area contributed by atoms with E-state index >= 15 is 0 Å². The third kappa shape index (κ3) is 1.45. The molecule has 5 heteroatoms. The Morgan fingerprint density at radius 3 is 2.71 bits per heavy atom. The van der Waals surface area contributed by atoms with Gasteiger partial charge >= 0.3 is 0 Å². The van der Waals surface area contributed by atoms with Gasteiger partial charge in [-0.25, -0.2) is 0 Å². The highest BCUT2D eigenvalue weighted by Crippen LogP contribution is 2.16. The minimum absolute atomic E-state index is 0.844. The molecule has 5 nitrogen and oxygen atoms in total. The predicted octanol–water partition coefficient (Wildman–Crippen LogP) is 0.408. The van der Waals surface area contributed by atoms with Gasteiger partial charge in [-0.15, -0.1) is 0 Å². The lowest BCUT2D eigenvalue weighted by molar-refractivity contribution is 0.765. The van der Waals surface area contributed by atoms with Crippen molar-refractivity contribution in [2.75, 3.05) is 18.4 Å². The van der Waals surface area contributed by atoms with E-state index in [0.717, 1.165) is 30.6 Å². The van der Waals surface area contributed by atoms with E-state index in [1.807, 2.05) is 18.7 Å². The van der Waals surface area contributed by atoms with Crippen LogP contribution < -0.4 is 10.6 Å². The Morgan fingerprint density at radius 1 is 1.43 bits per heavy atom. The van der Waals surface area contributed by atoms with Gasteiger partial charge < -0.3 is 10.6 Å². The van der Waals surface area contributed by atoms with Crippen LogP contribution in [0.25, 0.3) is 0 Å². The van der Waals surface area contributed by atoms with Crippen LogP contribution in [0.15, 0.2) is 4.99 Å². The summed E-state index contributed by atoms with van der Waals surface area (Å²) >= 11 is 0. The van der Waals surface area contributed by atoms with E-state index in [-0.39, 0.29) is 0 Å². The number of rotatable bonds is 1. The normalized spacial score (nSPS) is 15.2.